The summed E-state index contributed by atoms with van der Waals surface area (Å²) in [5, 5.41) is 10.8. The van der Waals surface area contributed by atoms with Gasteiger partial charge in [0.05, 0.1) is 16.0 Å². The van der Waals surface area contributed by atoms with Crippen molar-refractivity contribution in [2.75, 3.05) is 7.05 Å². The molecule has 3 heterocycles. The zero-order chi connectivity index (χ0) is 12.0. The molecule has 17 heavy (non-hydrogen) atoms. The van der Waals surface area contributed by atoms with Crippen LogP contribution in [0.25, 0.3) is 0 Å². The highest BCUT2D eigenvalue weighted by Crippen LogP contribution is 2.43. The van der Waals surface area contributed by atoms with Gasteiger partial charge in [-0.2, -0.15) is 0 Å². The SMILES string of the molecule is CC(O)c1cnc(C2CC3CCC(C2)N3C)s1. The fourth-order valence-electron chi connectivity index (χ4n) is 3.30. The van der Waals surface area contributed by atoms with Crippen LogP contribution in [0.5, 0.6) is 0 Å². The van der Waals surface area contributed by atoms with Crippen LogP contribution in [0.1, 0.15) is 54.5 Å². The third-order valence-electron chi connectivity index (χ3n) is 4.40. The van der Waals surface area contributed by atoms with Gasteiger partial charge in [-0.15, -0.1) is 11.3 Å². The maximum atomic E-state index is 9.56. The number of rotatable bonds is 2. The zero-order valence-electron chi connectivity index (χ0n) is 10.5. The first-order valence-corrected chi connectivity index (χ1v) is 7.32. The number of hydrogen-bond acceptors (Lipinski definition) is 4. The summed E-state index contributed by atoms with van der Waals surface area (Å²) in [5.41, 5.74) is 0. The molecule has 3 atom stereocenters. The number of hydrogen-bond donors (Lipinski definition) is 1. The van der Waals surface area contributed by atoms with Crippen molar-refractivity contribution in [3.8, 4) is 0 Å². The summed E-state index contributed by atoms with van der Waals surface area (Å²) >= 11 is 1.70. The molecule has 0 spiro atoms. The maximum Gasteiger partial charge on any atom is 0.0960 e. The quantitative estimate of drug-likeness (QED) is 0.878. The van der Waals surface area contributed by atoms with Crippen LogP contribution >= 0.6 is 11.3 Å². The van der Waals surface area contributed by atoms with Gasteiger partial charge < -0.3 is 10.0 Å². The molecular formula is C13H20N2OS. The standard InChI is InChI=1S/C13H20N2OS/c1-8(16)12-7-14-13(17-12)9-5-10-3-4-11(6-9)15(10)2/h7-11,16H,3-6H2,1-2H3. The number of aliphatic hydroxyl groups excluding tert-OH is 1. The fraction of sp³-hybridized carbons (Fsp3) is 0.769. The van der Waals surface area contributed by atoms with Gasteiger partial charge in [0.2, 0.25) is 0 Å². The summed E-state index contributed by atoms with van der Waals surface area (Å²) < 4.78 is 0. The van der Waals surface area contributed by atoms with Crippen molar-refractivity contribution in [2.45, 2.75) is 56.7 Å². The summed E-state index contributed by atoms with van der Waals surface area (Å²) in [6, 6.07) is 1.52. The highest BCUT2D eigenvalue weighted by atomic mass is 32.1. The van der Waals surface area contributed by atoms with Crippen LogP contribution in [0.3, 0.4) is 0 Å². The second kappa shape index (κ2) is 4.34. The Bertz CT molecular complexity index is 390. The number of thiazole rings is 1. The Morgan fingerprint density at radius 2 is 2.06 bits per heavy atom. The predicted octanol–water partition coefficient (Wildman–Crippen LogP) is 2.54. The lowest BCUT2D eigenvalue weighted by Crippen LogP contribution is -2.39. The molecule has 2 saturated heterocycles. The second-order valence-corrected chi connectivity index (χ2v) is 6.59. The molecule has 1 aromatic rings. The Kier molecular flexibility index (Phi) is 2.97. The number of fused-ring (bicyclic) bond motifs is 2. The molecule has 1 N–H and O–H groups in total. The third-order valence-corrected chi connectivity index (χ3v) is 5.73. The number of nitrogens with zero attached hydrogens (tertiary/aromatic N) is 2. The van der Waals surface area contributed by atoms with E-state index in [2.05, 4.69) is 16.9 Å². The predicted molar refractivity (Wildman–Crippen MR) is 69.3 cm³/mol. The van der Waals surface area contributed by atoms with E-state index in [0.717, 1.165) is 17.0 Å². The molecule has 1 aromatic heterocycles. The van der Waals surface area contributed by atoms with E-state index in [0.29, 0.717) is 5.92 Å². The van der Waals surface area contributed by atoms with Crippen LogP contribution in [-0.4, -0.2) is 34.1 Å². The molecule has 3 nitrogen and oxygen atoms in total. The number of aromatic nitrogens is 1. The number of piperidine rings is 1. The van der Waals surface area contributed by atoms with E-state index in [1.54, 1.807) is 11.3 Å². The zero-order valence-corrected chi connectivity index (χ0v) is 11.3. The van der Waals surface area contributed by atoms with Crippen molar-refractivity contribution in [2.24, 2.45) is 0 Å². The van der Waals surface area contributed by atoms with Crippen LogP contribution in [0, 0.1) is 0 Å². The normalized spacial score (nSPS) is 35.1. The molecule has 4 heteroatoms. The van der Waals surface area contributed by atoms with Gasteiger partial charge in [-0.25, -0.2) is 4.98 Å². The average molecular weight is 252 g/mol. The monoisotopic (exact) mass is 252 g/mol. The molecule has 3 unspecified atom stereocenters. The third kappa shape index (κ3) is 2.02. The summed E-state index contributed by atoms with van der Waals surface area (Å²) in [4.78, 5) is 8.08. The largest absolute Gasteiger partial charge is 0.388 e. The van der Waals surface area contributed by atoms with Crippen molar-refractivity contribution >= 4 is 11.3 Å². The van der Waals surface area contributed by atoms with Crippen molar-refractivity contribution in [3.63, 3.8) is 0 Å². The van der Waals surface area contributed by atoms with Crippen molar-refractivity contribution in [1.29, 1.82) is 0 Å². The summed E-state index contributed by atoms with van der Waals surface area (Å²) in [6.45, 7) is 1.82. The van der Waals surface area contributed by atoms with Crippen LogP contribution in [0.15, 0.2) is 6.20 Å². The number of aliphatic hydroxyl groups is 1. The van der Waals surface area contributed by atoms with E-state index in [1.165, 1.54) is 30.7 Å². The minimum atomic E-state index is -0.371. The molecule has 0 saturated carbocycles. The molecule has 2 aliphatic heterocycles. The van der Waals surface area contributed by atoms with Gasteiger partial charge in [0.15, 0.2) is 0 Å². The van der Waals surface area contributed by atoms with E-state index in [1.807, 2.05) is 13.1 Å². The van der Waals surface area contributed by atoms with Gasteiger partial charge >= 0.3 is 0 Å². The van der Waals surface area contributed by atoms with Gasteiger partial charge in [-0.1, -0.05) is 0 Å². The molecule has 2 aliphatic rings. The first kappa shape index (κ1) is 11.6. The summed E-state index contributed by atoms with van der Waals surface area (Å²) in [7, 11) is 2.27. The smallest absolute Gasteiger partial charge is 0.0960 e. The molecule has 0 aliphatic carbocycles. The van der Waals surface area contributed by atoms with E-state index >= 15 is 0 Å². The molecule has 94 valence electrons. The van der Waals surface area contributed by atoms with Gasteiger partial charge in [-0.05, 0) is 39.7 Å². The topological polar surface area (TPSA) is 36.4 Å². The lowest BCUT2D eigenvalue weighted by Gasteiger charge is -2.35. The minimum absolute atomic E-state index is 0.371. The first-order valence-electron chi connectivity index (χ1n) is 6.50. The highest BCUT2D eigenvalue weighted by Gasteiger charge is 2.39. The molecule has 0 aromatic carbocycles. The highest BCUT2D eigenvalue weighted by molar-refractivity contribution is 7.11. The molecule has 0 amide bonds. The van der Waals surface area contributed by atoms with E-state index in [-0.39, 0.29) is 6.10 Å². The maximum absolute atomic E-state index is 9.56. The van der Waals surface area contributed by atoms with E-state index in [9.17, 15) is 5.11 Å². The molecule has 0 radical (unpaired) electrons. The Morgan fingerprint density at radius 1 is 1.41 bits per heavy atom. The van der Waals surface area contributed by atoms with Crippen LogP contribution in [0.4, 0.5) is 0 Å². The molecule has 2 bridgehead atoms. The van der Waals surface area contributed by atoms with E-state index in [4.69, 9.17) is 0 Å². The lowest BCUT2D eigenvalue weighted by atomic mass is 9.92. The molecule has 3 rings (SSSR count). The molecular weight excluding hydrogens is 232 g/mol. The lowest BCUT2D eigenvalue weighted by molar-refractivity contribution is 0.161. The molecule has 2 fully saturated rings. The Hall–Kier alpha value is -0.450. The van der Waals surface area contributed by atoms with Gasteiger partial charge in [0, 0.05) is 24.2 Å². The van der Waals surface area contributed by atoms with Crippen LogP contribution < -0.4 is 0 Å². The average Bonchev–Trinajstić information content (AvgIpc) is 2.83. The first-order chi connectivity index (χ1) is 8.15. The van der Waals surface area contributed by atoms with E-state index < -0.39 is 0 Å². The second-order valence-electron chi connectivity index (χ2n) is 5.50. The summed E-state index contributed by atoms with van der Waals surface area (Å²) in [5.74, 6) is 0.626. The van der Waals surface area contributed by atoms with Gasteiger partial charge in [0.1, 0.15) is 0 Å². The Labute approximate surface area is 106 Å². The minimum Gasteiger partial charge on any atom is -0.388 e. The van der Waals surface area contributed by atoms with Crippen molar-refractivity contribution in [1.82, 2.24) is 9.88 Å². The Morgan fingerprint density at radius 3 is 2.59 bits per heavy atom. The van der Waals surface area contributed by atoms with Crippen LogP contribution in [-0.2, 0) is 0 Å². The Balaban J connectivity index is 1.77. The van der Waals surface area contributed by atoms with Gasteiger partial charge in [-0.3, -0.25) is 0 Å². The van der Waals surface area contributed by atoms with Crippen LogP contribution in [0.2, 0.25) is 0 Å². The fourth-order valence-corrected chi connectivity index (χ4v) is 4.28. The van der Waals surface area contributed by atoms with Crippen molar-refractivity contribution in [3.05, 3.63) is 16.1 Å². The summed E-state index contributed by atoms with van der Waals surface area (Å²) in [6.07, 6.45) is 6.69. The van der Waals surface area contributed by atoms with Crippen molar-refractivity contribution < 1.29 is 5.11 Å². The van der Waals surface area contributed by atoms with Gasteiger partial charge in [0.25, 0.3) is 0 Å².